The lowest BCUT2D eigenvalue weighted by Crippen LogP contribution is -2.11. The number of benzene rings is 1. The third-order valence-corrected chi connectivity index (χ3v) is 6.82. The summed E-state index contributed by atoms with van der Waals surface area (Å²) in [5, 5.41) is 3.36. The summed E-state index contributed by atoms with van der Waals surface area (Å²) in [6.45, 7) is 6.74. The molecule has 0 bridgehead atoms. The lowest BCUT2D eigenvalue weighted by Gasteiger charge is -2.12. The van der Waals surface area contributed by atoms with Crippen LogP contribution in [0.2, 0.25) is 0 Å². The number of esters is 1. The van der Waals surface area contributed by atoms with Crippen molar-refractivity contribution in [2.75, 3.05) is 19.0 Å². The number of carbonyl (C=O) groups is 2. The van der Waals surface area contributed by atoms with Crippen molar-refractivity contribution in [1.29, 1.82) is 0 Å². The smallest absolute Gasteiger partial charge is 0.305 e. The van der Waals surface area contributed by atoms with Gasteiger partial charge in [-0.15, -0.1) is 11.8 Å². The summed E-state index contributed by atoms with van der Waals surface area (Å²) in [6, 6.07) is 6.91. The molecule has 0 radical (unpaired) electrons. The van der Waals surface area contributed by atoms with Crippen LogP contribution in [-0.2, 0) is 20.7 Å². The van der Waals surface area contributed by atoms with Crippen LogP contribution in [0.5, 0.6) is 5.75 Å². The molecule has 1 aromatic carbocycles. The highest BCUT2D eigenvalue weighted by Gasteiger charge is 2.19. The lowest BCUT2D eigenvalue weighted by molar-refractivity contribution is -0.140. The van der Waals surface area contributed by atoms with Crippen LogP contribution >= 0.6 is 23.1 Å². The largest absolute Gasteiger partial charge is 0.494 e. The minimum atomic E-state index is -0.238. The summed E-state index contributed by atoms with van der Waals surface area (Å²) >= 11 is 2.97. The fourth-order valence-corrected chi connectivity index (χ4v) is 4.50. The van der Waals surface area contributed by atoms with Crippen molar-refractivity contribution in [3.05, 3.63) is 53.9 Å². The van der Waals surface area contributed by atoms with Crippen LogP contribution in [0.1, 0.15) is 62.0 Å². The van der Waals surface area contributed by atoms with Crippen LogP contribution in [0.25, 0.3) is 0 Å². The molecular formula is C24H29N3O5S2. The minimum absolute atomic E-state index is 0.0755. The maximum atomic E-state index is 12.5. The van der Waals surface area contributed by atoms with E-state index in [-0.39, 0.29) is 17.3 Å². The Kier molecular flexibility index (Phi) is 9.12. The molecule has 182 valence electrons. The molecule has 2 heterocycles. The van der Waals surface area contributed by atoms with E-state index in [0.717, 1.165) is 16.4 Å². The number of nitrogens with zero attached hydrogens (tertiary/aromatic N) is 2. The number of unbranched alkanes of at least 4 members (excludes halogenated alkanes) is 1. The first-order valence-electron chi connectivity index (χ1n) is 10.9. The number of methoxy groups -OCH3 is 1. The van der Waals surface area contributed by atoms with E-state index >= 15 is 0 Å². The number of thioether (sulfide) groups is 1. The van der Waals surface area contributed by atoms with Gasteiger partial charge in [0.25, 0.3) is 5.91 Å². The van der Waals surface area contributed by atoms with Gasteiger partial charge in [-0.1, -0.05) is 32.1 Å². The Morgan fingerprint density at radius 2 is 1.88 bits per heavy atom. The first-order valence-corrected chi connectivity index (χ1v) is 12.7. The van der Waals surface area contributed by atoms with Crippen molar-refractivity contribution in [3.63, 3.8) is 0 Å². The van der Waals surface area contributed by atoms with Gasteiger partial charge < -0.3 is 13.9 Å². The topological polar surface area (TPSA) is 104 Å². The van der Waals surface area contributed by atoms with Crippen molar-refractivity contribution in [3.8, 4) is 5.75 Å². The molecular weight excluding hydrogens is 474 g/mol. The number of aromatic nitrogens is 2. The normalized spacial score (nSPS) is 11.3. The molecule has 8 nitrogen and oxygen atoms in total. The molecule has 34 heavy (non-hydrogen) atoms. The lowest BCUT2D eigenvalue weighted by atomic mass is 9.94. The summed E-state index contributed by atoms with van der Waals surface area (Å²) < 4.78 is 17.0. The van der Waals surface area contributed by atoms with Crippen molar-refractivity contribution >= 4 is 40.1 Å². The van der Waals surface area contributed by atoms with Crippen LogP contribution in [0.15, 0.2) is 45.3 Å². The second kappa shape index (κ2) is 12.0. The van der Waals surface area contributed by atoms with E-state index in [1.165, 1.54) is 18.4 Å². The molecule has 0 saturated carbocycles. The summed E-state index contributed by atoms with van der Waals surface area (Å²) in [5.41, 5.74) is 0.436. The van der Waals surface area contributed by atoms with Gasteiger partial charge in [-0.2, -0.15) is 0 Å². The number of ether oxygens (including phenoxy) is 2. The van der Waals surface area contributed by atoms with Gasteiger partial charge in [0.2, 0.25) is 5.89 Å². The Labute approximate surface area is 207 Å². The highest BCUT2D eigenvalue weighted by Crippen LogP contribution is 2.32. The van der Waals surface area contributed by atoms with Gasteiger partial charge in [-0.25, -0.2) is 9.97 Å². The van der Waals surface area contributed by atoms with E-state index in [1.807, 2.05) is 0 Å². The SMILES string of the molecule is COC(=O)CCCCOc1ccc(C(=O)Nc2ncc(SCc3ncc(C(C)(C)C)o3)s2)cc1. The molecule has 1 N–H and O–H groups in total. The molecule has 3 rings (SSSR count). The van der Waals surface area contributed by atoms with Gasteiger partial charge in [0, 0.05) is 17.4 Å². The molecule has 1 amide bonds. The number of hydrogen-bond acceptors (Lipinski definition) is 9. The highest BCUT2D eigenvalue weighted by molar-refractivity contribution is 8.00. The van der Waals surface area contributed by atoms with Crippen LogP contribution in [0.3, 0.4) is 0 Å². The average Bonchev–Trinajstić information content (AvgIpc) is 3.47. The minimum Gasteiger partial charge on any atom is -0.494 e. The molecule has 0 spiro atoms. The number of thiazole rings is 1. The Balaban J connectivity index is 1.43. The summed E-state index contributed by atoms with van der Waals surface area (Å²) in [7, 11) is 1.38. The quantitative estimate of drug-likeness (QED) is 0.202. The third-order valence-electron chi connectivity index (χ3n) is 4.72. The number of nitrogens with one attached hydrogen (secondary N) is 1. The van der Waals surface area contributed by atoms with E-state index in [2.05, 4.69) is 40.8 Å². The molecule has 0 saturated heterocycles. The molecule has 0 fully saturated rings. The third kappa shape index (κ3) is 7.88. The molecule has 2 aromatic heterocycles. The zero-order chi connectivity index (χ0) is 24.6. The number of oxazole rings is 1. The monoisotopic (exact) mass is 503 g/mol. The van der Waals surface area contributed by atoms with Gasteiger partial charge in [0.15, 0.2) is 5.13 Å². The second-order valence-corrected chi connectivity index (χ2v) is 10.8. The molecule has 10 heteroatoms. The molecule has 3 aromatic rings. The van der Waals surface area contributed by atoms with Crippen molar-refractivity contribution < 1.29 is 23.5 Å². The van der Waals surface area contributed by atoms with E-state index in [0.29, 0.717) is 47.5 Å². The molecule has 0 aliphatic rings. The van der Waals surface area contributed by atoms with E-state index < -0.39 is 0 Å². The van der Waals surface area contributed by atoms with E-state index in [9.17, 15) is 9.59 Å². The summed E-state index contributed by atoms with van der Waals surface area (Å²) in [6.07, 6.45) is 5.34. The Hall–Kier alpha value is -2.85. The predicted octanol–water partition coefficient (Wildman–Crippen LogP) is 5.70. The van der Waals surface area contributed by atoms with Crippen LogP contribution in [0.4, 0.5) is 5.13 Å². The van der Waals surface area contributed by atoms with Gasteiger partial charge in [-0.05, 0) is 37.1 Å². The highest BCUT2D eigenvalue weighted by atomic mass is 32.2. The maximum Gasteiger partial charge on any atom is 0.305 e. The number of rotatable bonds is 11. The van der Waals surface area contributed by atoms with Crippen molar-refractivity contribution in [2.45, 2.75) is 55.4 Å². The van der Waals surface area contributed by atoms with Crippen LogP contribution < -0.4 is 10.1 Å². The molecule has 0 aliphatic carbocycles. The molecule has 0 unspecified atom stereocenters. The van der Waals surface area contributed by atoms with Crippen LogP contribution in [-0.4, -0.2) is 35.6 Å². The number of carbonyl (C=O) groups excluding carboxylic acids is 2. The maximum absolute atomic E-state index is 12.5. The van der Waals surface area contributed by atoms with E-state index in [1.54, 1.807) is 48.4 Å². The first-order chi connectivity index (χ1) is 16.2. The Morgan fingerprint density at radius 3 is 2.56 bits per heavy atom. The predicted molar refractivity (Wildman–Crippen MR) is 133 cm³/mol. The molecule has 0 atom stereocenters. The first kappa shape index (κ1) is 25.8. The summed E-state index contributed by atoms with van der Waals surface area (Å²) in [4.78, 5) is 32.3. The van der Waals surface area contributed by atoms with Gasteiger partial charge >= 0.3 is 5.97 Å². The standard InChI is InChI=1S/C24H29N3O5S2/c1-24(2,3)18-13-25-19(32-18)15-33-21-14-26-23(34-21)27-22(29)16-8-10-17(11-9-16)31-12-6-5-7-20(28)30-4/h8-11,13-14H,5-7,12,15H2,1-4H3,(H,26,27,29). The number of anilines is 1. The zero-order valence-corrected chi connectivity index (χ0v) is 21.4. The Bertz CT molecular complexity index is 1090. The van der Waals surface area contributed by atoms with Gasteiger partial charge in [0.1, 0.15) is 11.5 Å². The van der Waals surface area contributed by atoms with Crippen molar-refractivity contribution in [1.82, 2.24) is 9.97 Å². The fourth-order valence-electron chi connectivity index (χ4n) is 2.78. The van der Waals surface area contributed by atoms with Gasteiger partial charge in [0.05, 0.1) is 36.1 Å². The number of amides is 1. The Morgan fingerprint density at radius 1 is 1.12 bits per heavy atom. The second-order valence-electron chi connectivity index (χ2n) is 8.50. The zero-order valence-electron chi connectivity index (χ0n) is 19.8. The number of hydrogen-bond donors (Lipinski definition) is 1. The summed E-state index contributed by atoms with van der Waals surface area (Å²) in [5.74, 6) is 2.33. The van der Waals surface area contributed by atoms with Crippen LogP contribution in [0, 0.1) is 0 Å². The fraction of sp³-hybridized carbons (Fsp3) is 0.417. The average molecular weight is 504 g/mol. The van der Waals surface area contributed by atoms with Gasteiger partial charge in [-0.3, -0.25) is 14.9 Å². The molecule has 0 aliphatic heterocycles. The van der Waals surface area contributed by atoms with E-state index in [4.69, 9.17) is 9.15 Å². The van der Waals surface area contributed by atoms with Crippen molar-refractivity contribution in [2.24, 2.45) is 0 Å².